The molecule has 0 bridgehead atoms. The number of nitrogens with zero attached hydrogens (tertiary/aromatic N) is 1. The van der Waals surface area contributed by atoms with Gasteiger partial charge in [0, 0.05) is 15.6 Å². The van der Waals surface area contributed by atoms with E-state index >= 15 is 0 Å². The zero-order valence-electron chi connectivity index (χ0n) is 12.7. The lowest BCUT2D eigenvalue weighted by atomic mass is 10.2. The third kappa shape index (κ3) is 4.42. The van der Waals surface area contributed by atoms with Crippen molar-refractivity contribution in [2.45, 2.75) is 0 Å². The van der Waals surface area contributed by atoms with Crippen LogP contribution >= 0.6 is 34.8 Å². The van der Waals surface area contributed by atoms with Crippen molar-refractivity contribution in [2.75, 3.05) is 0 Å². The summed E-state index contributed by atoms with van der Waals surface area (Å²) in [5.41, 5.74) is 3.52. The highest BCUT2D eigenvalue weighted by molar-refractivity contribution is 6.36. The molecule has 0 aliphatic carbocycles. The van der Waals surface area contributed by atoms with Crippen molar-refractivity contribution in [2.24, 2.45) is 5.10 Å². The summed E-state index contributed by atoms with van der Waals surface area (Å²) in [5, 5.41) is 5.20. The summed E-state index contributed by atoms with van der Waals surface area (Å²) in [7, 11) is 0. The minimum Gasteiger partial charge on any atom is -0.455 e. The molecule has 25 heavy (non-hydrogen) atoms. The lowest BCUT2D eigenvalue weighted by molar-refractivity contribution is 0.0955. The van der Waals surface area contributed by atoms with Gasteiger partial charge in [-0.15, -0.1) is 0 Å². The molecule has 4 nitrogen and oxygen atoms in total. The second-order valence-electron chi connectivity index (χ2n) is 5.04. The number of carbonyl (C=O) groups is 1. The van der Waals surface area contributed by atoms with Crippen molar-refractivity contribution in [3.63, 3.8) is 0 Å². The van der Waals surface area contributed by atoms with Crippen molar-refractivity contribution in [3.05, 3.63) is 81.0 Å². The third-order valence-corrected chi connectivity index (χ3v) is 4.05. The van der Waals surface area contributed by atoms with Crippen LogP contribution in [0.2, 0.25) is 15.1 Å². The first-order valence-corrected chi connectivity index (χ1v) is 8.30. The first-order valence-electron chi connectivity index (χ1n) is 7.17. The van der Waals surface area contributed by atoms with Gasteiger partial charge < -0.3 is 4.42 Å². The van der Waals surface area contributed by atoms with E-state index in [0.717, 1.165) is 5.56 Å². The molecule has 1 N–H and O–H groups in total. The summed E-state index contributed by atoms with van der Waals surface area (Å²) < 4.78 is 5.65. The molecule has 0 saturated carbocycles. The van der Waals surface area contributed by atoms with Crippen molar-refractivity contribution < 1.29 is 9.21 Å². The van der Waals surface area contributed by atoms with Crippen molar-refractivity contribution in [1.29, 1.82) is 0 Å². The van der Waals surface area contributed by atoms with E-state index in [9.17, 15) is 4.79 Å². The maximum absolute atomic E-state index is 12.0. The Kier molecular flexibility index (Phi) is 5.43. The van der Waals surface area contributed by atoms with E-state index in [1.54, 1.807) is 30.3 Å². The highest BCUT2D eigenvalue weighted by Gasteiger charge is 2.10. The van der Waals surface area contributed by atoms with E-state index in [-0.39, 0.29) is 10.6 Å². The maximum Gasteiger partial charge on any atom is 0.272 e. The van der Waals surface area contributed by atoms with Gasteiger partial charge in [-0.05, 0) is 42.5 Å². The first-order chi connectivity index (χ1) is 12.0. The molecule has 0 spiro atoms. The quantitative estimate of drug-likeness (QED) is 0.458. The molecule has 0 fully saturated rings. The summed E-state index contributed by atoms with van der Waals surface area (Å²) >= 11 is 17.7. The van der Waals surface area contributed by atoms with Crippen LogP contribution in [0.15, 0.2) is 64.1 Å². The lowest BCUT2D eigenvalue weighted by Crippen LogP contribution is -2.17. The monoisotopic (exact) mass is 392 g/mol. The Labute approximate surface area is 159 Å². The van der Waals surface area contributed by atoms with Gasteiger partial charge in [0.1, 0.15) is 11.5 Å². The van der Waals surface area contributed by atoms with Crippen LogP contribution in [-0.2, 0) is 0 Å². The molecule has 0 radical (unpaired) electrons. The highest BCUT2D eigenvalue weighted by Crippen LogP contribution is 2.24. The van der Waals surface area contributed by atoms with Crippen LogP contribution in [0.25, 0.3) is 11.3 Å². The predicted molar refractivity (Wildman–Crippen MR) is 101 cm³/mol. The van der Waals surface area contributed by atoms with Crippen LogP contribution in [0, 0.1) is 0 Å². The van der Waals surface area contributed by atoms with E-state index in [4.69, 9.17) is 39.2 Å². The standard InChI is InChI=1S/C18H11Cl3N2O2/c19-12-3-1-2-11(8-12)17-7-5-14(25-17)10-22-23-18(24)15-6-4-13(20)9-16(15)21/h1-10H,(H,23,24)/b22-10+. The van der Waals surface area contributed by atoms with Crippen LogP contribution in [0.1, 0.15) is 16.1 Å². The third-order valence-electron chi connectivity index (χ3n) is 3.27. The maximum atomic E-state index is 12.0. The highest BCUT2D eigenvalue weighted by atomic mass is 35.5. The smallest absolute Gasteiger partial charge is 0.272 e. The molecular weight excluding hydrogens is 383 g/mol. The van der Waals surface area contributed by atoms with Crippen LogP contribution < -0.4 is 5.43 Å². The largest absolute Gasteiger partial charge is 0.455 e. The molecule has 0 aliphatic heterocycles. The minimum atomic E-state index is -0.445. The number of hydrazone groups is 1. The average molecular weight is 394 g/mol. The van der Waals surface area contributed by atoms with Crippen LogP contribution in [-0.4, -0.2) is 12.1 Å². The summed E-state index contributed by atoms with van der Waals surface area (Å²) in [4.78, 5) is 12.0. The normalized spacial score (nSPS) is 11.0. The first kappa shape index (κ1) is 17.5. The molecule has 1 heterocycles. The van der Waals surface area contributed by atoms with Gasteiger partial charge in [0.05, 0.1) is 16.8 Å². The van der Waals surface area contributed by atoms with Gasteiger partial charge in [0.15, 0.2) is 0 Å². The van der Waals surface area contributed by atoms with Gasteiger partial charge in [0.2, 0.25) is 0 Å². The number of halogens is 3. The fraction of sp³-hybridized carbons (Fsp3) is 0. The zero-order chi connectivity index (χ0) is 17.8. The number of nitrogens with one attached hydrogen (secondary N) is 1. The average Bonchev–Trinajstić information content (AvgIpc) is 3.03. The SMILES string of the molecule is O=C(N/N=C/c1ccc(-c2cccc(Cl)c2)o1)c1ccc(Cl)cc1Cl. The van der Waals surface area contributed by atoms with Gasteiger partial charge in [-0.2, -0.15) is 5.10 Å². The molecule has 0 aliphatic rings. The zero-order valence-corrected chi connectivity index (χ0v) is 14.9. The van der Waals surface area contributed by atoms with Crippen LogP contribution in [0.5, 0.6) is 0 Å². The Morgan fingerprint density at radius 2 is 1.80 bits per heavy atom. The molecule has 1 amide bonds. The summed E-state index contributed by atoms with van der Waals surface area (Å²) in [5.74, 6) is 0.688. The van der Waals surface area contributed by atoms with Crippen LogP contribution in [0.3, 0.4) is 0 Å². The lowest BCUT2D eigenvalue weighted by Gasteiger charge is -2.02. The molecule has 0 unspecified atom stereocenters. The van der Waals surface area contributed by atoms with Crippen molar-refractivity contribution in [1.82, 2.24) is 5.43 Å². The molecule has 3 rings (SSSR count). The van der Waals surface area contributed by atoms with Gasteiger partial charge in [-0.25, -0.2) is 5.43 Å². The fourth-order valence-corrected chi connectivity index (χ4v) is 2.79. The Hall–Kier alpha value is -2.27. The number of furan rings is 1. The number of carbonyl (C=O) groups excluding carboxylic acids is 1. The van der Waals surface area contributed by atoms with Gasteiger partial charge in [0.25, 0.3) is 5.91 Å². The molecule has 1 aromatic heterocycles. The van der Waals surface area contributed by atoms with E-state index < -0.39 is 5.91 Å². The topological polar surface area (TPSA) is 54.6 Å². The molecule has 0 saturated heterocycles. The second-order valence-corrected chi connectivity index (χ2v) is 6.32. The molecule has 126 valence electrons. The Balaban J connectivity index is 1.68. The summed E-state index contributed by atoms with van der Waals surface area (Å²) in [6.07, 6.45) is 1.40. The molecule has 0 atom stereocenters. The number of hydrogen-bond acceptors (Lipinski definition) is 3. The Bertz CT molecular complexity index is 951. The Morgan fingerprint density at radius 3 is 2.56 bits per heavy atom. The van der Waals surface area contributed by atoms with Crippen molar-refractivity contribution in [3.8, 4) is 11.3 Å². The van der Waals surface area contributed by atoms with Gasteiger partial charge in [-0.3, -0.25) is 4.79 Å². The second kappa shape index (κ2) is 7.74. The molecule has 2 aromatic carbocycles. The molecule has 7 heteroatoms. The number of amides is 1. The molecular formula is C18H11Cl3N2O2. The number of rotatable bonds is 4. The van der Waals surface area contributed by atoms with E-state index in [0.29, 0.717) is 21.6 Å². The number of hydrogen-bond donors (Lipinski definition) is 1. The summed E-state index contributed by atoms with van der Waals surface area (Å²) in [6.45, 7) is 0. The van der Waals surface area contributed by atoms with Gasteiger partial charge in [-0.1, -0.05) is 46.9 Å². The van der Waals surface area contributed by atoms with E-state index in [2.05, 4.69) is 10.5 Å². The molecule has 3 aromatic rings. The number of benzene rings is 2. The van der Waals surface area contributed by atoms with Gasteiger partial charge >= 0.3 is 0 Å². The van der Waals surface area contributed by atoms with Crippen molar-refractivity contribution >= 4 is 46.9 Å². The fourth-order valence-electron chi connectivity index (χ4n) is 2.11. The van der Waals surface area contributed by atoms with E-state index in [1.165, 1.54) is 18.3 Å². The summed E-state index contributed by atoms with van der Waals surface area (Å²) in [6, 6.07) is 15.4. The predicted octanol–water partition coefficient (Wildman–Crippen LogP) is 5.67. The van der Waals surface area contributed by atoms with Crippen LogP contribution in [0.4, 0.5) is 0 Å². The Morgan fingerprint density at radius 1 is 1.00 bits per heavy atom. The van der Waals surface area contributed by atoms with E-state index in [1.807, 2.05) is 12.1 Å². The minimum absolute atomic E-state index is 0.251.